The van der Waals surface area contributed by atoms with E-state index in [2.05, 4.69) is 0 Å². The number of hydrogen-bond donors (Lipinski definition) is 0. The van der Waals surface area contributed by atoms with Crippen molar-refractivity contribution in [1.82, 2.24) is 4.90 Å². The van der Waals surface area contributed by atoms with Crippen LogP contribution >= 0.6 is 23.2 Å². The van der Waals surface area contributed by atoms with Crippen LogP contribution in [0.2, 0.25) is 10.0 Å². The predicted molar refractivity (Wildman–Crippen MR) is 104 cm³/mol. The van der Waals surface area contributed by atoms with Gasteiger partial charge in [-0.25, -0.2) is 4.79 Å². The van der Waals surface area contributed by atoms with Crippen molar-refractivity contribution in [3.8, 4) is 0 Å². The molecule has 0 spiro atoms. The summed E-state index contributed by atoms with van der Waals surface area (Å²) in [6.07, 6.45) is 1.89. The van der Waals surface area contributed by atoms with Crippen molar-refractivity contribution in [3.05, 3.63) is 33.8 Å². The maximum Gasteiger partial charge on any atom is 0.410 e. The van der Waals surface area contributed by atoms with Crippen molar-refractivity contribution in [2.75, 3.05) is 7.11 Å². The highest BCUT2D eigenvalue weighted by Crippen LogP contribution is 2.48. The Morgan fingerprint density at radius 2 is 1.85 bits per heavy atom. The first kappa shape index (κ1) is 20.3. The molecule has 1 aromatic rings. The number of rotatable bonds is 2. The SMILES string of the molecule is COC(=O)C1C(c2ccc(Cl)c(Cl)c2)CC2CCC1N2C(=O)OC(C)(C)C. The van der Waals surface area contributed by atoms with Gasteiger partial charge in [-0.1, -0.05) is 29.3 Å². The van der Waals surface area contributed by atoms with Gasteiger partial charge in [-0.05, 0) is 57.7 Å². The summed E-state index contributed by atoms with van der Waals surface area (Å²) < 4.78 is 10.7. The van der Waals surface area contributed by atoms with Gasteiger partial charge in [0.1, 0.15) is 5.60 Å². The lowest BCUT2D eigenvalue weighted by Gasteiger charge is -2.43. The van der Waals surface area contributed by atoms with E-state index in [1.54, 1.807) is 11.0 Å². The van der Waals surface area contributed by atoms with E-state index >= 15 is 0 Å². The van der Waals surface area contributed by atoms with E-state index in [0.29, 0.717) is 16.5 Å². The number of carbonyl (C=O) groups is 2. The minimum Gasteiger partial charge on any atom is -0.469 e. The molecule has 27 heavy (non-hydrogen) atoms. The average molecular weight is 414 g/mol. The van der Waals surface area contributed by atoms with Crippen LogP contribution < -0.4 is 0 Å². The van der Waals surface area contributed by atoms with Crippen LogP contribution in [0, 0.1) is 5.92 Å². The molecule has 2 aliphatic rings. The molecule has 2 bridgehead atoms. The van der Waals surface area contributed by atoms with Gasteiger partial charge in [0, 0.05) is 18.0 Å². The maximum atomic E-state index is 12.8. The Labute approximate surface area is 169 Å². The third kappa shape index (κ3) is 4.04. The second kappa shape index (κ2) is 7.51. The van der Waals surface area contributed by atoms with E-state index in [1.807, 2.05) is 32.9 Å². The van der Waals surface area contributed by atoms with Gasteiger partial charge in [0.2, 0.25) is 0 Å². The summed E-state index contributed by atoms with van der Waals surface area (Å²) in [7, 11) is 1.38. The molecule has 0 aromatic heterocycles. The van der Waals surface area contributed by atoms with Crippen LogP contribution in [0.4, 0.5) is 4.79 Å². The molecule has 0 N–H and O–H groups in total. The highest BCUT2D eigenvalue weighted by Gasteiger charge is 2.53. The van der Waals surface area contributed by atoms with Crippen LogP contribution in [0.1, 0.15) is 51.5 Å². The van der Waals surface area contributed by atoms with E-state index in [9.17, 15) is 9.59 Å². The fourth-order valence-corrected chi connectivity index (χ4v) is 4.65. The Balaban J connectivity index is 1.94. The van der Waals surface area contributed by atoms with Crippen molar-refractivity contribution in [2.45, 2.75) is 63.6 Å². The van der Waals surface area contributed by atoms with E-state index in [-0.39, 0.29) is 30.1 Å². The van der Waals surface area contributed by atoms with Gasteiger partial charge in [-0.15, -0.1) is 0 Å². The fourth-order valence-electron chi connectivity index (χ4n) is 4.35. The van der Waals surface area contributed by atoms with E-state index in [0.717, 1.165) is 18.4 Å². The number of hydrogen-bond acceptors (Lipinski definition) is 4. The second-order valence-corrected chi connectivity index (χ2v) is 9.07. The van der Waals surface area contributed by atoms with Crippen molar-refractivity contribution in [1.29, 1.82) is 0 Å². The van der Waals surface area contributed by atoms with Crippen LogP contribution in [-0.2, 0) is 14.3 Å². The third-order valence-corrected chi connectivity index (χ3v) is 6.11. The quantitative estimate of drug-likeness (QED) is 0.637. The minimum atomic E-state index is -0.585. The van der Waals surface area contributed by atoms with Gasteiger partial charge in [-0.2, -0.15) is 0 Å². The zero-order chi connectivity index (χ0) is 19.9. The number of nitrogens with zero attached hydrogens (tertiary/aromatic N) is 1. The molecule has 0 aliphatic carbocycles. The van der Waals surface area contributed by atoms with Crippen molar-refractivity contribution < 1.29 is 19.1 Å². The van der Waals surface area contributed by atoms with Crippen LogP contribution in [-0.4, -0.2) is 41.8 Å². The molecule has 2 aliphatic heterocycles. The molecule has 1 aromatic carbocycles. The number of benzene rings is 1. The Kier molecular flexibility index (Phi) is 5.64. The third-order valence-electron chi connectivity index (χ3n) is 5.37. The zero-order valence-corrected chi connectivity index (χ0v) is 17.5. The van der Waals surface area contributed by atoms with Gasteiger partial charge in [0.25, 0.3) is 0 Å². The molecule has 4 unspecified atom stereocenters. The molecular formula is C20H25Cl2NO4. The smallest absolute Gasteiger partial charge is 0.410 e. The Hall–Kier alpha value is -1.46. The first-order chi connectivity index (χ1) is 12.6. The second-order valence-electron chi connectivity index (χ2n) is 8.25. The molecule has 7 heteroatoms. The number of esters is 1. The summed E-state index contributed by atoms with van der Waals surface area (Å²) in [4.78, 5) is 27.2. The summed E-state index contributed by atoms with van der Waals surface area (Å²) in [6.45, 7) is 5.52. The molecule has 1 amide bonds. The number of methoxy groups -OCH3 is 1. The van der Waals surface area contributed by atoms with Gasteiger partial charge in [0.05, 0.1) is 23.1 Å². The monoisotopic (exact) mass is 413 g/mol. The lowest BCUT2D eigenvalue weighted by atomic mass is 9.76. The van der Waals surface area contributed by atoms with Gasteiger partial charge >= 0.3 is 12.1 Å². The van der Waals surface area contributed by atoms with Crippen molar-refractivity contribution in [3.63, 3.8) is 0 Å². The van der Waals surface area contributed by atoms with E-state index in [1.165, 1.54) is 7.11 Å². The first-order valence-corrected chi connectivity index (χ1v) is 9.92. The highest BCUT2D eigenvalue weighted by atomic mass is 35.5. The molecular weight excluding hydrogens is 389 g/mol. The summed E-state index contributed by atoms with van der Waals surface area (Å²) in [5.41, 5.74) is 0.359. The highest BCUT2D eigenvalue weighted by molar-refractivity contribution is 6.42. The number of halogens is 2. The van der Waals surface area contributed by atoms with Crippen LogP contribution in [0.15, 0.2) is 18.2 Å². The molecule has 4 atom stereocenters. The molecule has 148 valence electrons. The van der Waals surface area contributed by atoms with E-state index in [4.69, 9.17) is 32.7 Å². The van der Waals surface area contributed by atoms with Crippen LogP contribution in [0.5, 0.6) is 0 Å². The minimum absolute atomic E-state index is 0.0326. The lowest BCUT2D eigenvalue weighted by molar-refractivity contribution is -0.150. The number of ether oxygens (including phenoxy) is 2. The fraction of sp³-hybridized carbons (Fsp3) is 0.600. The normalized spacial score (nSPS) is 27.4. The lowest BCUT2D eigenvalue weighted by Crippen LogP contribution is -2.54. The Morgan fingerprint density at radius 1 is 1.15 bits per heavy atom. The molecule has 2 saturated heterocycles. The summed E-state index contributed by atoms with van der Waals surface area (Å²) >= 11 is 12.3. The Morgan fingerprint density at radius 3 is 2.44 bits per heavy atom. The predicted octanol–water partition coefficient (Wildman–Crippen LogP) is 5.04. The van der Waals surface area contributed by atoms with Crippen LogP contribution in [0.3, 0.4) is 0 Å². The number of fused-ring (bicyclic) bond motifs is 2. The summed E-state index contributed by atoms with van der Waals surface area (Å²) in [5, 5.41) is 0.934. The van der Waals surface area contributed by atoms with Crippen molar-refractivity contribution >= 4 is 35.3 Å². The number of piperidine rings is 1. The summed E-state index contributed by atoms with van der Waals surface area (Å²) in [6, 6.07) is 5.25. The molecule has 2 fully saturated rings. The molecule has 5 nitrogen and oxygen atoms in total. The van der Waals surface area contributed by atoms with Gasteiger partial charge in [0.15, 0.2) is 0 Å². The molecule has 2 heterocycles. The largest absolute Gasteiger partial charge is 0.469 e. The Bertz CT molecular complexity index is 746. The van der Waals surface area contributed by atoms with Gasteiger partial charge in [-0.3, -0.25) is 4.79 Å². The standard InChI is InChI=1S/C20H25Cl2NO4/c1-20(2,3)27-19(25)23-12-6-8-16(23)17(18(24)26-4)13(10-12)11-5-7-14(21)15(22)9-11/h5,7,9,12-13,16-17H,6,8,10H2,1-4H3. The molecule has 0 saturated carbocycles. The topological polar surface area (TPSA) is 55.8 Å². The van der Waals surface area contributed by atoms with Crippen LogP contribution in [0.25, 0.3) is 0 Å². The first-order valence-electron chi connectivity index (χ1n) is 9.16. The average Bonchev–Trinajstić information content (AvgIpc) is 2.89. The zero-order valence-electron chi connectivity index (χ0n) is 16.0. The number of carbonyl (C=O) groups excluding carboxylic acids is 2. The number of amides is 1. The van der Waals surface area contributed by atoms with Crippen molar-refractivity contribution in [2.24, 2.45) is 5.92 Å². The summed E-state index contributed by atoms with van der Waals surface area (Å²) in [5.74, 6) is -0.855. The molecule has 0 radical (unpaired) electrons. The van der Waals surface area contributed by atoms with Gasteiger partial charge < -0.3 is 14.4 Å². The van der Waals surface area contributed by atoms with E-state index < -0.39 is 11.5 Å². The maximum absolute atomic E-state index is 12.8. The molecule has 3 rings (SSSR count).